The lowest BCUT2D eigenvalue weighted by Gasteiger charge is -2.31. The van der Waals surface area contributed by atoms with Gasteiger partial charge in [-0.2, -0.15) is 18.3 Å². The number of hydrogen-bond donors (Lipinski definition) is 0. The van der Waals surface area contributed by atoms with Crippen molar-refractivity contribution in [1.82, 2.24) is 24.1 Å². The highest BCUT2D eigenvalue weighted by Gasteiger charge is 2.35. The van der Waals surface area contributed by atoms with Gasteiger partial charge in [-0.3, -0.25) is 9.48 Å². The number of likely N-dealkylation sites (tertiary alicyclic amines) is 1. The molecule has 9 heteroatoms. The maximum absolute atomic E-state index is 12.8. The normalized spacial score (nSPS) is 16.2. The molecule has 142 valence electrons. The molecular weight excluding hydrogens is 359 g/mol. The largest absolute Gasteiger partial charge is 0.435 e. The number of rotatable bonds is 2. The molecule has 3 aromatic heterocycles. The summed E-state index contributed by atoms with van der Waals surface area (Å²) in [5.41, 5.74) is 1.30. The Hall–Kier alpha value is -2.84. The van der Waals surface area contributed by atoms with Gasteiger partial charge in [-0.25, -0.2) is 4.98 Å². The first-order chi connectivity index (χ1) is 12.8. The first kappa shape index (κ1) is 17.6. The lowest BCUT2D eigenvalue weighted by atomic mass is 10.0. The standard InChI is InChI=1S/C18H18F3N5O/c1-12-2-6-25-11-22-16(14(25)10-12)17(27)24-7-3-13(4-8-24)26-9-5-15(23-26)18(19,20)21/h2,5-6,9-11,13H,3-4,7-8H2,1H3. The molecule has 0 N–H and O–H groups in total. The molecule has 1 fully saturated rings. The number of carbonyl (C=O) groups is 1. The molecule has 0 radical (unpaired) electrons. The fourth-order valence-corrected chi connectivity index (χ4v) is 3.43. The zero-order chi connectivity index (χ0) is 19.2. The van der Waals surface area contributed by atoms with E-state index >= 15 is 0 Å². The van der Waals surface area contributed by atoms with Gasteiger partial charge in [0.05, 0.1) is 11.6 Å². The minimum Gasteiger partial charge on any atom is -0.337 e. The molecular formula is C18H18F3N5O. The van der Waals surface area contributed by atoms with Gasteiger partial charge in [-0.15, -0.1) is 0 Å². The minimum absolute atomic E-state index is 0.147. The minimum atomic E-state index is -4.44. The maximum atomic E-state index is 12.8. The molecule has 0 spiro atoms. The van der Waals surface area contributed by atoms with Gasteiger partial charge in [0.15, 0.2) is 11.4 Å². The molecule has 1 aliphatic heterocycles. The summed E-state index contributed by atoms with van der Waals surface area (Å²) in [7, 11) is 0. The quantitative estimate of drug-likeness (QED) is 0.688. The predicted octanol–water partition coefficient (Wildman–Crippen LogP) is 3.34. The van der Waals surface area contributed by atoms with Gasteiger partial charge in [0.1, 0.15) is 6.33 Å². The lowest BCUT2D eigenvalue weighted by molar-refractivity contribution is -0.141. The van der Waals surface area contributed by atoms with Crippen LogP contribution in [0.1, 0.15) is 40.6 Å². The molecule has 1 saturated heterocycles. The Morgan fingerprint density at radius 3 is 2.59 bits per heavy atom. The van der Waals surface area contributed by atoms with Crippen molar-refractivity contribution in [2.75, 3.05) is 13.1 Å². The molecule has 0 aliphatic carbocycles. The number of aromatic nitrogens is 4. The predicted molar refractivity (Wildman–Crippen MR) is 91.3 cm³/mol. The smallest absolute Gasteiger partial charge is 0.337 e. The number of alkyl halides is 3. The molecule has 3 aromatic rings. The molecule has 6 nitrogen and oxygen atoms in total. The third-order valence-electron chi connectivity index (χ3n) is 4.92. The van der Waals surface area contributed by atoms with Crippen molar-refractivity contribution in [2.45, 2.75) is 32.0 Å². The average molecular weight is 377 g/mol. The molecule has 4 heterocycles. The summed E-state index contributed by atoms with van der Waals surface area (Å²) in [5.74, 6) is -0.155. The van der Waals surface area contributed by atoms with E-state index in [0.29, 0.717) is 31.6 Å². The van der Waals surface area contributed by atoms with E-state index in [1.807, 2.05) is 25.3 Å². The Morgan fingerprint density at radius 2 is 1.93 bits per heavy atom. The van der Waals surface area contributed by atoms with Gasteiger partial charge in [0, 0.05) is 25.5 Å². The Bertz CT molecular complexity index is 982. The lowest BCUT2D eigenvalue weighted by Crippen LogP contribution is -2.39. The van der Waals surface area contributed by atoms with Crippen LogP contribution in [0.25, 0.3) is 5.52 Å². The molecule has 1 aliphatic rings. The molecule has 0 bridgehead atoms. The number of hydrogen-bond acceptors (Lipinski definition) is 3. The summed E-state index contributed by atoms with van der Waals surface area (Å²) in [5, 5.41) is 3.65. The third-order valence-corrected chi connectivity index (χ3v) is 4.92. The second kappa shape index (κ2) is 6.40. The molecule has 0 aromatic carbocycles. The average Bonchev–Trinajstić information content (AvgIpc) is 3.28. The molecule has 1 amide bonds. The number of nitrogens with zero attached hydrogens (tertiary/aromatic N) is 5. The SMILES string of the molecule is Cc1ccn2cnc(C(=O)N3CCC(n4ccc(C(F)(F)F)n4)CC3)c2c1. The number of pyridine rings is 1. The van der Waals surface area contributed by atoms with Gasteiger partial charge in [-0.05, 0) is 43.5 Å². The van der Waals surface area contributed by atoms with E-state index in [4.69, 9.17) is 0 Å². The summed E-state index contributed by atoms with van der Waals surface area (Å²) in [6.07, 6.45) is 1.48. The van der Waals surface area contributed by atoms with Crippen molar-refractivity contribution in [1.29, 1.82) is 0 Å². The molecule has 0 saturated carbocycles. The van der Waals surface area contributed by atoms with Crippen LogP contribution in [-0.2, 0) is 6.18 Å². The highest BCUT2D eigenvalue weighted by atomic mass is 19.4. The highest BCUT2D eigenvalue weighted by molar-refractivity contribution is 5.99. The zero-order valence-electron chi connectivity index (χ0n) is 14.6. The first-order valence-electron chi connectivity index (χ1n) is 8.68. The van der Waals surface area contributed by atoms with Crippen molar-refractivity contribution in [2.24, 2.45) is 0 Å². The van der Waals surface area contributed by atoms with E-state index in [9.17, 15) is 18.0 Å². The summed E-state index contributed by atoms with van der Waals surface area (Å²) in [6, 6.07) is 4.69. The van der Waals surface area contributed by atoms with Crippen molar-refractivity contribution in [3.8, 4) is 0 Å². The third kappa shape index (κ3) is 3.29. The second-order valence-corrected chi connectivity index (χ2v) is 6.79. The number of piperidine rings is 1. The van der Waals surface area contributed by atoms with Crippen LogP contribution in [0.3, 0.4) is 0 Å². The zero-order valence-corrected chi connectivity index (χ0v) is 14.6. The number of amides is 1. The number of carbonyl (C=O) groups excluding carboxylic acids is 1. The van der Waals surface area contributed by atoms with E-state index in [2.05, 4.69) is 10.1 Å². The molecule has 0 atom stereocenters. The topological polar surface area (TPSA) is 55.4 Å². The van der Waals surface area contributed by atoms with Crippen LogP contribution in [0, 0.1) is 6.92 Å². The van der Waals surface area contributed by atoms with Crippen LogP contribution in [0.15, 0.2) is 36.9 Å². The number of halogens is 3. The van der Waals surface area contributed by atoms with Crippen molar-refractivity contribution < 1.29 is 18.0 Å². The van der Waals surface area contributed by atoms with E-state index in [-0.39, 0.29) is 11.9 Å². The van der Waals surface area contributed by atoms with E-state index in [1.54, 1.807) is 15.6 Å². The fraction of sp³-hybridized carbons (Fsp3) is 0.389. The van der Waals surface area contributed by atoms with Gasteiger partial charge in [-0.1, -0.05) is 0 Å². The highest BCUT2D eigenvalue weighted by Crippen LogP contribution is 2.30. The fourth-order valence-electron chi connectivity index (χ4n) is 3.43. The van der Waals surface area contributed by atoms with Crippen molar-refractivity contribution >= 4 is 11.4 Å². The monoisotopic (exact) mass is 377 g/mol. The van der Waals surface area contributed by atoms with Gasteiger partial charge in [0.25, 0.3) is 5.91 Å². The van der Waals surface area contributed by atoms with Crippen LogP contribution < -0.4 is 0 Å². The summed E-state index contributed by atoms with van der Waals surface area (Å²) < 4.78 is 41.3. The van der Waals surface area contributed by atoms with E-state index < -0.39 is 11.9 Å². The molecule has 4 rings (SSSR count). The first-order valence-corrected chi connectivity index (χ1v) is 8.68. The number of imidazole rings is 1. The van der Waals surface area contributed by atoms with Crippen LogP contribution in [0.5, 0.6) is 0 Å². The van der Waals surface area contributed by atoms with E-state index in [1.165, 1.54) is 10.9 Å². The summed E-state index contributed by atoms with van der Waals surface area (Å²) in [6.45, 7) is 2.86. The Kier molecular flexibility index (Phi) is 4.16. The second-order valence-electron chi connectivity index (χ2n) is 6.79. The molecule has 0 unspecified atom stereocenters. The van der Waals surface area contributed by atoms with E-state index in [0.717, 1.165) is 17.1 Å². The Labute approximate surface area is 153 Å². The Morgan fingerprint density at radius 1 is 1.19 bits per heavy atom. The van der Waals surface area contributed by atoms with Crippen molar-refractivity contribution in [3.63, 3.8) is 0 Å². The maximum Gasteiger partial charge on any atom is 0.435 e. The van der Waals surface area contributed by atoms with Crippen LogP contribution in [0.2, 0.25) is 0 Å². The van der Waals surface area contributed by atoms with Crippen LogP contribution >= 0.6 is 0 Å². The van der Waals surface area contributed by atoms with Gasteiger partial charge in [0.2, 0.25) is 0 Å². The van der Waals surface area contributed by atoms with Crippen molar-refractivity contribution in [3.05, 3.63) is 53.9 Å². The van der Waals surface area contributed by atoms with Crippen LogP contribution in [-0.4, -0.2) is 43.1 Å². The number of fused-ring (bicyclic) bond motifs is 1. The Balaban J connectivity index is 1.46. The summed E-state index contributed by atoms with van der Waals surface area (Å²) in [4.78, 5) is 18.8. The number of aryl methyl sites for hydroxylation is 1. The van der Waals surface area contributed by atoms with Gasteiger partial charge >= 0.3 is 6.18 Å². The van der Waals surface area contributed by atoms with Gasteiger partial charge < -0.3 is 9.30 Å². The molecule has 27 heavy (non-hydrogen) atoms. The van der Waals surface area contributed by atoms with Crippen LogP contribution in [0.4, 0.5) is 13.2 Å². The summed E-state index contributed by atoms with van der Waals surface area (Å²) >= 11 is 0.